The Morgan fingerprint density at radius 3 is 1.66 bits per heavy atom. The van der Waals surface area contributed by atoms with Crippen LogP contribution in [0, 0.1) is 0 Å². The number of aromatic nitrogens is 2. The van der Waals surface area contributed by atoms with Crippen LogP contribution in [0.5, 0.6) is 0 Å². The van der Waals surface area contributed by atoms with E-state index in [1.165, 1.54) is 16.5 Å². The number of fused-ring (bicyclic) bond motifs is 2. The summed E-state index contributed by atoms with van der Waals surface area (Å²) in [5, 5.41) is 14.6. The Morgan fingerprint density at radius 1 is 0.545 bits per heavy atom. The smallest absolute Gasteiger partial charge is 0.323 e. The Balaban J connectivity index is 0.000000175. The fourth-order valence-corrected chi connectivity index (χ4v) is 4.83. The third-order valence-corrected chi connectivity index (χ3v) is 7.37. The highest BCUT2D eigenvalue weighted by atomic mass is 16.2. The first kappa shape index (κ1) is 30.0. The zero-order valence-corrected chi connectivity index (χ0v) is 25.7. The van der Waals surface area contributed by atoms with E-state index in [1.807, 2.05) is 67.0 Å². The Hall–Kier alpha value is -5.43. The van der Waals surface area contributed by atoms with Crippen molar-refractivity contribution in [3.05, 3.63) is 133 Å². The van der Waals surface area contributed by atoms with Gasteiger partial charge in [0.15, 0.2) is 0 Å². The van der Waals surface area contributed by atoms with Gasteiger partial charge in [0.2, 0.25) is 0 Å². The molecule has 0 aliphatic rings. The van der Waals surface area contributed by atoms with E-state index in [2.05, 4.69) is 108 Å². The standard InChI is InChI=1S/C19H21N3.C18H19N3O/c1-13(2)15-4-6-17(7-5-15)21-14(3)22-18-8-9-19-16(12-18)10-11-20-19;1-12(2)13-3-6-15(7-4-13)20-18(22)21-16-8-5-14-9-10-19-17(14)11-16/h4-13,20-22H,3H2,1-2H3;3-12,19H,1-2H3,(H2,20,21,22). The zero-order valence-electron chi connectivity index (χ0n) is 25.7. The molecule has 2 aromatic heterocycles. The molecule has 0 bridgehead atoms. The zero-order chi connectivity index (χ0) is 31.1. The van der Waals surface area contributed by atoms with Gasteiger partial charge in [-0.15, -0.1) is 0 Å². The fourth-order valence-electron chi connectivity index (χ4n) is 4.83. The second-order valence-electron chi connectivity index (χ2n) is 11.4. The van der Waals surface area contributed by atoms with E-state index in [-0.39, 0.29) is 6.03 Å². The second kappa shape index (κ2) is 13.7. The average Bonchev–Trinajstić information content (AvgIpc) is 3.67. The minimum Gasteiger partial charge on any atom is -0.361 e. The van der Waals surface area contributed by atoms with Crippen LogP contribution in [0.15, 0.2) is 122 Å². The van der Waals surface area contributed by atoms with Crippen molar-refractivity contribution in [1.29, 1.82) is 0 Å². The molecule has 6 aromatic rings. The van der Waals surface area contributed by atoms with Crippen LogP contribution in [0.2, 0.25) is 0 Å². The molecule has 0 unspecified atom stereocenters. The van der Waals surface area contributed by atoms with Gasteiger partial charge in [0, 0.05) is 51.6 Å². The van der Waals surface area contributed by atoms with Gasteiger partial charge >= 0.3 is 6.03 Å². The van der Waals surface area contributed by atoms with Gasteiger partial charge in [0.05, 0.1) is 0 Å². The molecule has 2 heterocycles. The highest BCUT2D eigenvalue weighted by molar-refractivity contribution is 6.01. The van der Waals surface area contributed by atoms with Crippen molar-refractivity contribution in [3.63, 3.8) is 0 Å². The van der Waals surface area contributed by atoms with Crippen LogP contribution in [0.4, 0.5) is 27.5 Å². The monoisotopic (exact) mass is 584 g/mol. The molecule has 0 aliphatic heterocycles. The molecule has 0 radical (unpaired) electrons. The van der Waals surface area contributed by atoms with Crippen molar-refractivity contribution in [2.45, 2.75) is 39.5 Å². The summed E-state index contributed by atoms with van der Waals surface area (Å²) in [6.07, 6.45) is 3.82. The van der Waals surface area contributed by atoms with Gasteiger partial charge in [-0.25, -0.2) is 4.79 Å². The van der Waals surface area contributed by atoms with E-state index in [9.17, 15) is 4.79 Å². The number of carbonyl (C=O) groups excluding carboxylic acids is 1. The number of benzene rings is 4. The minimum absolute atomic E-state index is 0.247. The number of hydrogen-bond acceptors (Lipinski definition) is 3. The number of hydrogen-bond donors (Lipinski definition) is 6. The molecule has 0 saturated carbocycles. The maximum atomic E-state index is 12.0. The summed E-state index contributed by atoms with van der Waals surface area (Å²) in [6.45, 7) is 12.7. The van der Waals surface area contributed by atoms with E-state index >= 15 is 0 Å². The van der Waals surface area contributed by atoms with Gasteiger partial charge < -0.3 is 31.2 Å². The SMILES string of the molecule is C=C(Nc1ccc(C(C)C)cc1)Nc1ccc2[nH]ccc2c1.CC(C)c1ccc(NC(=O)Nc2ccc3cc[nH]c3c2)cc1. The topological polar surface area (TPSA) is 96.8 Å². The molecule has 4 aromatic carbocycles. The van der Waals surface area contributed by atoms with Crippen molar-refractivity contribution >= 4 is 50.6 Å². The van der Waals surface area contributed by atoms with E-state index in [1.54, 1.807) is 0 Å². The minimum atomic E-state index is -0.247. The maximum absolute atomic E-state index is 12.0. The normalized spacial score (nSPS) is 10.9. The second-order valence-corrected chi connectivity index (χ2v) is 11.4. The van der Waals surface area contributed by atoms with Gasteiger partial charge in [-0.05, 0) is 95.1 Å². The Kier molecular flexibility index (Phi) is 9.35. The molecular weight excluding hydrogens is 544 g/mol. The molecule has 6 N–H and O–H groups in total. The summed E-state index contributed by atoms with van der Waals surface area (Å²) >= 11 is 0. The van der Waals surface area contributed by atoms with Crippen LogP contribution in [0.3, 0.4) is 0 Å². The molecule has 0 fully saturated rings. The third kappa shape index (κ3) is 7.89. The fraction of sp³-hybridized carbons (Fsp3) is 0.162. The number of amides is 2. The summed E-state index contributed by atoms with van der Waals surface area (Å²) in [5.74, 6) is 1.78. The maximum Gasteiger partial charge on any atom is 0.323 e. The van der Waals surface area contributed by atoms with Crippen LogP contribution in [0.1, 0.15) is 50.7 Å². The van der Waals surface area contributed by atoms with Crippen LogP contribution < -0.4 is 21.3 Å². The number of anilines is 4. The van der Waals surface area contributed by atoms with Crippen LogP contribution in [-0.4, -0.2) is 16.0 Å². The van der Waals surface area contributed by atoms with Crippen molar-refractivity contribution in [2.24, 2.45) is 0 Å². The molecule has 0 atom stereocenters. The van der Waals surface area contributed by atoms with Crippen molar-refractivity contribution in [2.75, 3.05) is 21.3 Å². The molecule has 7 heteroatoms. The third-order valence-electron chi connectivity index (χ3n) is 7.37. The summed E-state index contributed by atoms with van der Waals surface area (Å²) in [5.41, 5.74) is 8.31. The molecule has 224 valence electrons. The first-order valence-corrected chi connectivity index (χ1v) is 14.9. The van der Waals surface area contributed by atoms with Gasteiger partial charge in [0.25, 0.3) is 0 Å². The van der Waals surface area contributed by atoms with E-state index < -0.39 is 0 Å². The molecule has 7 nitrogen and oxygen atoms in total. The van der Waals surface area contributed by atoms with E-state index in [4.69, 9.17) is 0 Å². The first-order chi connectivity index (χ1) is 21.2. The molecule has 0 aliphatic carbocycles. The largest absolute Gasteiger partial charge is 0.361 e. The number of rotatable bonds is 8. The van der Waals surface area contributed by atoms with Gasteiger partial charge in [-0.2, -0.15) is 0 Å². The molecule has 2 amide bonds. The van der Waals surface area contributed by atoms with E-state index in [0.29, 0.717) is 11.8 Å². The van der Waals surface area contributed by atoms with Crippen molar-refractivity contribution in [3.8, 4) is 0 Å². The lowest BCUT2D eigenvalue weighted by molar-refractivity contribution is 0.262. The number of urea groups is 1. The molecule has 0 saturated heterocycles. The highest BCUT2D eigenvalue weighted by Gasteiger charge is 2.06. The molecule has 6 rings (SSSR count). The van der Waals surface area contributed by atoms with Crippen LogP contribution in [-0.2, 0) is 0 Å². The predicted octanol–water partition coefficient (Wildman–Crippen LogP) is 10.2. The van der Waals surface area contributed by atoms with Gasteiger partial charge in [-0.1, -0.05) is 64.6 Å². The lowest BCUT2D eigenvalue weighted by Gasteiger charge is -2.13. The number of aromatic amines is 2. The average molecular weight is 585 g/mol. The summed E-state index contributed by atoms with van der Waals surface area (Å²) in [7, 11) is 0. The number of nitrogens with one attached hydrogen (secondary N) is 6. The highest BCUT2D eigenvalue weighted by Crippen LogP contribution is 2.22. The van der Waals surface area contributed by atoms with Gasteiger partial charge in [0.1, 0.15) is 5.82 Å². The van der Waals surface area contributed by atoms with Crippen LogP contribution >= 0.6 is 0 Å². The van der Waals surface area contributed by atoms with Gasteiger partial charge in [-0.3, -0.25) is 0 Å². The summed E-state index contributed by atoms with van der Waals surface area (Å²) in [6, 6.07) is 32.1. The lowest BCUT2D eigenvalue weighted by atomic mass is 10.0. The predicted molar refractivity (Wildman–Crippen MR) is 187 cm³/mol. The Morgan fingerprint density at radius 2 is 1.02 bits per heavy atom. The lowest BCUT2D eigenvalue weighted by Crippen LogP contribution is -2.19. The van der Waals surface area contributed by atoms with E-state index in [0.717, 1.165) is 45.0 Å². The van der Waals surface area contributed by atoms with Crippen molar-refractivity contribution < 1.29 is 4.79 Å². The molecule has 44 heavy (non-hydrogen) atoms. The van der Waals surface area contributed by atoms with Crippen LogP contribution in [0.25, 0.3) is 21.8 Å². The summed E-state index contributed by atoms with van der Waals surface area (Å²) in [4.78, 5) is 18.4. The quantitative estimate of drug-likeness (QED) is 0.107. The van der Waals surface area contributed by atoms with Crippen molar-refractivity contribution in [1.82, 2.24) is 9.97 Å². The Labute approximate surface area is 258 Å². The number of carbonyl (C=O) groups is 1. The molecular formula is C37H40N6O. The number of H-pyrrole nitrogens is 2. The first-order valence-electron chi connectivity index (χ1n) is 14.9. The molecule has 0 spiro atoms. The summed E-state index contributed by atoms with van der Waals surface area (Å²) < 4.78 is 0. The Bertz CT molecular complexity index is 1710.